The van der Waals surface area contributed by atoms with Crippen LogP contribution < -0.4 is 15.1 Å². The van der Waals surface area contributed by atoms with Crippen LogP contribution in [0.4, 0.5) is 5.69 Å². The van der Waals surface area contributed by atoms with E-state index in [1.807, 2.05) is 6.92 Å². The van der Waals surface area contributed by atoms with Crippen LogP contribution in [-0.4, -0.2) is 135 Å². The lowest BCUT2D eigenvalue weighted by atomic mass is 9.71. The van der Waals surface area contributed by atoms with E-state index in [1.165, 1.54) is 43.5 Å². The molecule has 326 valence electrons. The smallest absolute Gasteiger partial charge is 0.271 e. The molecule has 5 aliphatic rings. The Morgan fingerprint density at radius 1 is 1.03 bits per heavy atom. The molecule has 18 nitrogen and oxygen atoms in total. The highest BCUT2D eigenvalue weighted by molar-refractivity contribution is 6.37. The SMILES string of the molecule is COc1cccc2c1C(=O)c1c(O)c3c(c(O)c1C2=O)C[C@@](O)(/C(CO)=N/NC(=O)c1ccc(N2C(=O)C=CC2=O)c(Cl)c1)C[C@@H]3O[C@H]1CC(N2CCO[C@@H](C)C2)[C@H](O)[C@H](C)O1. The fourth-order valence-electron chi connectivity index (χ4n) is 9.00. The van der Waals surface area contributed by atoms with Crippen molar-refractivity contribution in [2.75, 3.05) is 38.3 Å². The molecule has 1 unspecified atom stereocenters. The third-order valence-corrected chi connectivity index (χ3v) is 12.4. The molecule has 0 radical (unpaired) electrons. The second-order valence-electron chi connectivity index (χ2n) is 15.8. The van der Waals surface area contributed by atoms with Gasteiger partial charge >= 0.3 is 0 Å². The average Bonchev–Trinajstić information content (AvgIpc) is 3.58. The Kier molecular flexibility index (Phi) is 11.5. The summed E-state index contributed by atoms with van der Waals surface area (Å²) < 4.78 is 23.8. The number of phenols is 2. The average molecular weight is 875 g/mol. The normalized spacial score (nSPS) is 27.5. The number of amides is 3. The predicted molar refractivity (Wildman–Crippen MR) is 218 cm³/mol. The van der Waals surface area contributed by atoms with E-state index in [1.54, 1.807) is 6.92 Å². The van der Waals surface area contributed by atoms with Crippen LogP contribution in [-0.2, 0) is 30.2 Å². The first kappa shape index (κ1) is 43.1. The van der Waals surface area contributed by atoms with Crippen LogP contribution in [0, 0.1) is 0 Å². The van der Waals surface area contributed by atoms with E-state index >= 15 is 0 Å². The van der Waals surface area contributed by atoms with Crippen LogP contribution >= 0.6 is 11.6 Å². The van der Waals surface area contributed by atoms with Gasteiger partial charge in [-0.1, -0.05) is 23.7 Å². The zero-order chi connectivity index (χ0) is 44.4. The minimum absolute atomic E-state index is 0.0358. The van der Waals surface area contributed by atoms with Gasteiger partial charge < -0.3 is 44.5 Å². The van der Waals surface area contributed by atoms with Gasteiger partial charge in [0.05, 0.1) is 77.9 Å². The molecule has 6 N–H and O–H groups in total. The number of hydrogen-bond acceptors (Lipinski definition) is 16. The molecule has 0 bridgehead atoms. The lowest BCUT2D eigenvalue weighted by Crippen LogP contribution is -2.59. The number of aliphatic hydroxyl groups excluding tert-OH is 2. The van der Waals surface area contributed by atoms with Gasteiger partial charge in [0.25, 0.3) is 17.7 Å². The first-order valence-electron chi connectivity index (χ1n) is 19.8. The Hall–Kier alpha value is -5.57. The number of nitrogens with one attached hydrogen (secondary N) is 1. The lowest BCUT2D eigenvalue weighted by molar-refractivity contribution is -0.260. The molecule has 0 spiro atoms. The molecular weight excluding hydrogens is 832 g/mol. The highest BCUT2D eigenvalue weighted by atomic mass is 35.5. The van der Waals surface area contributed by atoms with Crippen molar-refractivity contribution in [3.8, 4) is 17.2 Å². The van der Waals surface area contributed by atoms with E-state index in [9.17, 15) is 49.5 Å². The number of hydrazone groups is 1. The molecule has 62 heavy (non-hydrogen) atoms. The topological polar surface area (TPSA) is 254 Å². The zero-order valence-electron chi connectivity index (χ0n) is 33.7. The van der Waals surface area contributed by atoms with Gasteiger partial charge in [0.15, 0.2) is 12.1 Å². The van der Waals surface area contributed by atoms with Gasteiger partial charge in [0.1, 0.15) is 22.8 Å². The standard InChI is InChI=1S/C43H43ClN4O14/c1-19-17-47(11-12-60-19)26-14-32(61-20(2)37(26)52)62-28-16-43(58,29(18-49)45-46-42(57)21-7-8-25(24(44)13-21)48-30(50)9-10-31(48)51)15-23-34(28)41(56)36-35(39(23)54)38(53)22-5-4-6-27(59-3)33(22)40(36)55/h4-10,13,19-20,26,28,32,37,49,52,54,56,58H,11-12,14-18H2,1-3H3,(H,46,57)/b45-29+/t19-,20-,26?,28-,32-,37+,43-/m0/s1. The molecule has 7 atom stereocenters. The van der Waals surface area contributed by atoms with Gasteiger partial charge in [-0.15, -0.1) is 0 Å². The molecule has 19 heteroatoms. The Morgan fingerprint density at radius 2 is 1.76 bits per heavy atom. The van der Waals surface area contributed by atoms with Crippen molar-refractivity contribution in [3.63, 3.8) is 0 Å². The number of nitrogens with zero attached hydrogens (tertiary/aromatic N) is 3. The van der Waals surface area contributed by atoms with Crippen molar-refractivity contribution < 1.29 is 68.5 Å². The molecule has 2 fully saturated rings. The molecule has 2 saturated heterocycles. The summed E-state index contributed by atoms with van der Waals surface area (Å²) >= 11 is 6.37. The minimum Gasteiger partial charge on any atom is -0.507 e. The molecule has 3 aromatic carbocycles. The third-order valence-electron chi connectivity index (χ3n) is 12.0. The van der Waals surface area contributed by atoms with Crippen LogP contribution in [0.2, 0.25) is 5.02 Å². The monoisotopic (exact) mass is 874 g/mol. The van der Waals surface area contributed by atoms with E-state index in [2.05, 4.69) is 15.4 Å². The van der Waals surface area contributed by atoms with Gasteiger partial charge in [-0.25, -0.2) is 10.3 Å². The quantitative estimate of drug-likeness (QED) is 0.0609. The summed E-state index contributed by atoms with van der Waals surface area (Å²) in [7, 11) is 1.32. The van der Waals surface area contributed by atoms with Gasteiger partial charge in [0.2, 0.25) is 5.78 Å². The van der Waals surface area contributed by atoms with Gasteiger partial charge in [-0.3, -0.25) is 28.9 Å². The zero-order valence-corrected chi connectivity index (χ0v) is 34.4. The summed E-state index contributed by atoms with van der Waals surface area (Å²) in [6.07, 6.45) is -3.15. The number of phenolic OH excluding ortho intramolecular Hbond substituents is 2. The number of fused-ring (bicyclic) bond motifs is 3. The molecule has 8 rings (SSSR count). The molecule has 3 amide bonds. The second-order valence-corrected chi connectivity index (χ2v) is 16.2. The molecule has 0 aromatic heterocycles. The van der Waals surface area contributed by atoms with Crippen molar-refractivity contribution in [3.05, 3.63) is 92.5 Å². The highest BCUT2D eigenvalue weighted by Crippen LogP contribution is 2.53. The van der Waals surface area contributed by atoms with Crippen LogP contribution in [0.25, 0.3) is 0 Å². The number of ketones is 2. The van der Waals surface area contributed by atoms with E-state index in [-0.39, 0.29) is 56.8 Å². The number of benzene rings is 3. The summed E-state index contributed by atoms with van der Waals surface area (Å²) in [5.74, 6) is -5.08. The molecule has 3 aromatic rings. The largest absolute Gasteiger partial charge is 0.507 e. The second kappa shape index (κ2) is 16.6. The van der Waals surface area contributed by atoms with Gasteiger partial charge in [-0.2, -0.15) is 5.10 Å². The van der Waals surface area contributed by atoms with Crippen molar-refractivity contribution in [1.29, 1.82) is 0 Å². The minimum atomic E-state index is -2.26. The highest BCUT2D eigenvalue weighted by Gasteiger charge is 2.50. The van der Waals surface area contributed by atoms with Crippen LogP contribution in [0.5, 0.6) is 17.2 Å². The summed E-state index contributed by atoms with van der Waals surface area (Å²) in [6, 6.07) is 7.64. The first-order valence-corrected chi connectivity index (χ1v) is 20.2. The number of carbonyl (C=O) groups excluding carboxylic acids is 5. The number of imide groups is 1. The summed E-state index contributed by atoms with van der Waals surface area (Å²) in [4.78, 5) is 69.0. The summed E-state index contributed by atoms with van der Waals surface area (Å²) in [6.45, 7) is 4.10. The fraction of sp³-hybridized carbons (Fsp3) is 0.395. The van der Waals surface area contributed by atoms with E-state index in [0.29, 0.717) is 19.7 Å². The van der Waals surface area contributed by atoms with Crippen molar-refractivity contribution in [1.82, 2.24) is 10.3 Å². The van der Waals surface area contributed by atoms with E-state index in [4.69, 9.17) is 30.5 Å². The van der Waals surface area contributed by atoms with E-state index < -0.39 is 113 Å². The van der Waals surface area contributed by atoms with Crippen LogP contribution in [0.15, 0.2) is 53.7 Å². The maximum atomic E-state index is 14.2. The summed E-state index contributed by atoms with van der Waals surface area (Å²) in [5.41, 5.74) is -2.02. The number of carbonyl (C=O) groups is 5. The Balaban J connectivity index is 1.16. The number of halogens is 1. The number of hydrogen-bond donors (Lipinski definition) is 6. The third kappa shape index (κ3) is 7.35. The molecule has 3 aliphatic heterocycles. The van der Waals surface area contributed by atoms with Gasteiger partial charge in [0, 0.05) is 72.8 Å². The fourth-order valence-corrected chi connectivity index (χ4v) is 9.26. The van der Waals surface area contributed by atoms with Crippen molar-refractivity contribution in [2.24, 2.45) is 5.10 Å². The number of anilines is 1. The number of methoxy groups -OCH3 is 1. The van der Waals surface area contributed by atoms with E-state index in [0.717, 1.165) is 17.1 Å². The first-order chi connectivity index (χ1) is 29.6. The maximum Gasteiger partial charge on any atom is 0.271 e. The van der Waals surface area contributed by atoms with Crippen LogP contribution in [0.1, 0.15) is 86.1 Å². The Labute approximate surface area is 358 Å². The molecule has 3 heterocycles. The molecule has 2 aliphatic carbocycles. The Morgan fingerprint density at radius 3 is 2.44 bits per heavy atom. The number of aliphatic hydroxyl groups is 3. The van der Waals surface area contributed by atoms with Gasteiger partial charge in [-0.05, 0) is 38.1 Å². The number of ether oxygens (including phenoxy) is 4. The number of aromatic hydroxyl groups is 2. The van der Waals surface area contributed by atoms with Crippen LogP contribution in [0.3, 0.4) is 0 Å². The number of rotatable bonds is 9. The predicted octanol–water partition coefficient (Wildman–Crippen LogP) is 2.06. The van der Waals surface area contributed by atoms with Crippen molar-refractivity contribution >= 4 is 52.3 Å². The molecule has 0 saturated carbocycles. The maximum absolute atomic E-state index is 14.2. The Bertz CT molecular complexity index is 2460. The molecular formula is C43H43ClN4O14. The van der Waals surface area contributed by atoms with Crippen molar-refractivity contribution in [2.45, 2.75) is 75.5 Å². The number of morpholine rings is 1. The lowest BCUT2D eigenvalue weighted by Gasteiger charge is -2.47. The summed E-state index contributed by atoms with van der Waals surface area (Å²) in [5, 5.41) is 62.4.